The van der Waals surface area contributed by atoms with Crippen LogP contribution in [0.2, 0.25) is 0 Å². The maximum atomic E-state index is 11.3. The van der Waals surface area contributed by atoms with Gasteiger partial charge < -0.3 is 14.7 Å². The maximum Gasteiger partial charge on any atom is 0.335 e. The summed E-state index contributed by atoms with van der Waals surface area (Å²) in [6.45, 7) is 2.78. The average molecular weight is 494 g/mol. The van der Waals surface area contributed by atoms with Gasteiger partial charge in [-0.3, -0.25) is 4.40 Å². The Labute approximate surface area is 214 Å². The molecule has 1 aliphatic rings. The number of aromatic carboxylic acids is 1. The molecule has 0 amide bonds. The third kappa shape index (κ3) is 4.79. The van der Waals surface area contributed by atoms with Crippen molar-refractivity contribution in [3.8, 4) is 11.3 Å². The number of hydrogen-bond acceptors (Lipinski definition) is 6. The number of benzene rings is 2. The molecule has 8 nitrogen and oxygen atoms in total. The normalized spacial score (nSPS) is 13.8. The second-order valence-corrected chi connectivity index (χ2v) is 8.57. The first kappa shape index (κ1) is 24.1. The molecule has 0 saturated carbocycles. The van der Waals surface area contributed by atoms with Gasteiger partial charge in [-0.1, -0.05) is 43.8 Å². The second kappa shape index (κ2) is 10.2. The lowest BCUT2D eigenvalue weighted by atomic mass is 10.1. The lowest BCUT2D eigenvalue weighted by molar-refractivity contribution is 0.0697. The number of pyridine rings is 1. The van der Waals surface area contributed by atoms with Crippen LogP contribution in [0.15, 0.2) is 73.1 Å². The van der Waals surface area contributed by atoms with Gasteiger partial charge in [0.15, 0.2) is 11.5 Å². The molecular formula is C29H27N5O3. The number of nitrogens with zero attached hydrogens (tertiary/aromatic N) is 5. The molecule has 1 N–H and O–H groups in total. The maximum absolute atomic E-state index is 11.3. The Bertz CT molecular complexity index is 1600. The van der Waals surface area contributed by atoms with Crippen molar-refractivity contribution in [3.05, 3.63) is 90.0 Å². The monoisotopic (exact) mass is 493 g/mol. The van der Waals surface area contributed by atoms with Gasteiger partial charge in [0.1, 0.15) is 0 Å². The number of imidazole rings is 1. The molecule has 0 atom stereocenters. The molecule has 8 heteroatoms. The predicted molar refractivity (Wildman–Crippen MR) is 146 cm³/mol. The number of ether oxygens (including phenoxy) is 1. The minimum Gasteiger partial charge on any atom is -0.478 e. The van der Waals surface area contributed by atoms with Gasteiger partial charge in [0.2, 0.25) is 0 Å². The third-order valence-electron chi connectivity index (χ3n) is 6.28. The van der Waals surface area contributed by atoms with E-state index in [9.17, 15) is 9.90 Å². The van der Waals surface area contributed by atoms with Gasteiger partial charge in [0, 0.05) is 30.2 Å². The highest BCUT2D eigenvalue weighted by Crippen LogP contribution is 2.27. The zero-order valence-electron chi connectivity index (χ0n) is 19.4. The summed E-state index contributed by atoms with van der Waals surface area (Å²) in [7, 11) is 0. The number of anilines is 1. The smallest absolute Gasteiger partial charge is 0.335 e. The van der Waals surface area contributed by atoms with Gasteiger partial charge in [0.05, 0.1) is 47.6 Å². The van der Waals surface area contributed by atoms with Crippen molar-refractivity contribution in [2.45, 2.75) is 7.43 Å². The van der Waals surface area contributed by atoms with E-state index in [0.717, 1.165) is 58.1 Å². The van der Waals surface area contributed by atoms with Crippen molar-refractivity contribution in [2.24, 2.45) is 0 Å². The quantitative estimate of drug-likeness (QED) is 0.356. The van der Waals surface area contributed by atoms with E-state index in [1.165, 1.54) is 0 Å². The molecule has 1 aliphatic heterocycles. The van der Waals surface area contributed by atoms with Gasteiger partial charge in [-0.05, 0) is 36.4 Å². The van der Waals surface area contributed by atoms with E-state index >= 15 is 0 Å². The molecule has 2 aromatic carbocycles. The van der Waals surface area contributed by atoms with Crippen LogP contribution in [0.5, 0.6) is 0 Å². The highest BCUT2D eigenvalue weighted by Gasteiger charge is 2.19. The van der Waals surface area contributed by atoms with Crippen LogP contribution in [-0.2, 0) is 4.74 Å². The van der Waals surface area contributed by atoms with Gasteiger partial charge in [-0.2, -0.15) is 0 Å². The molecule has 0 unspecified atom stereocenters. The SMILES string of the molecule is C.O=C(O)c1ccc(-c2cnc(N3CCOCC3)c3nc(/C=C/c4ccc5ccccc5n4)cn23)cc1. The number of fused-ring (bicyclic) bond motifs is 2. The topological polar surface area (TPSA) is 92.8 Å². The van der Waals surface area contributed by atoms with E-state index in [2.05, 4.69) is 11.0 Å². The molecule has 37 heavy (non-hydrogen) atoms. The number of rotatable bonds is 5. The second-order valence-electron chi connectivity index (χ2n) is 8.57. The summed E-state index contributed by atoms with van der Waals surface area (Å²) < 4.78 is 7.53. The fraction of sp³-hybridized carbons (Fsp3) is 0.172. The van der Waals surface area contributed by atoms with E-state index in [1.54, 1.807) is 24.3 Å². The van der Waals surface area contributed by atoms with Crippen LogP contribution in [0.3, 0.4) is 0 Å². The van der Waals surface area contributed by atoms with Crippen molar-refractivity contribution in [1.29, 1.82) is 0 Å². The zero-order chi connectivity index (χ0) is 24.5. The van der Waals surface area contributed by atoms with E-state index < -0.39 is 5.97 Å². The molecule has 186 valence electrons. The highest BCUT2D eigenvalue weighted by molar-refractivity contribution is 5.88. The summed E-state index contributed by atoms with van der Waals surface area (Å²) >= 11 is 0. The summed E-state index contributed by atoms with van der Waals surface area (Å²) in [5, 5.41) is 10.4. The Hall–Kier alpha value is -4.56. The number of carbonyl (C=O) groups is 1. The van der Waals surface area contributed by atoms with E-state index in [4.69, 9.17) is 19.7 Å². The summed E-state index contributed by atoms with van der Waals surface area (Å²) in [5.41, 5.74) is 5.23. The number of carboxylic acids is 1. The van der Waals surface area contributed by atoms with Crippen LogP contribution in [0.25, 0.3) is 40.0 Å². The average Bonchev–Trinajstić information content (AvgIpc) is 3.36. The molecule has 1 saturated heterocycles. The summed E-state index contributed by atoms with van der Waals surface area (Å²) in [6, 6.07) is 18.9. The van der Waals surface area contributed by atoms with Gasteiger partial charge in [-0.25, -0.2) is 19.7 Å². The lowest BCUT2D eigenvalue weighted by Gasteiger charge is -2.28. The fourth-order valence-electron chi connectivity index (χ4n) is 4.40. The number of morpholine rings is 1. The largest absolute Gasteiger partial charge is 0.478 e. The number of aromatic nitrogens is 4. The van der Waals surface area contributed by atoms with Crippen molar-refractivity contribution in [3.63, 3.8) is 0 Å². The zero-order valence-corrected chi connectivity index (χ0v) is 19.4. The van der Waals surface area contributed by atoms with E-state index in [1.807, 2.05) is 59.3 Å². The first-order valence-corrected chi connectivity index (χ1v) is 11.7. The molecule has 6 rings (SSSR count). The summed E-state index contributed by atoms with van der Waals surface area (Å²) in [5.74, 6) is -0.155. The number of hydrogen-bond donors (Lipinski definition) is 1. The van der Waals surface area contributed by atoms with Gasteiger partial charge >= 0.3 is 5.97 Å². The molecule has 0 spiro atoms. The number of carboxylic acid groups (broad SMARTS) is 1. The minimum absolute atomic E-state index is 0. The van der Waals surface area contributed by atoms with Gasteiger partial charge in [0.25, 0.3) is 0 Å². The number of para-hydroxylation sites is 1. The molecule has 3 aromatic heterocycles. The van der Waals surface area contributed by atoms with Crippen LogP contribution in [0.4, 0.5) is 5.82 Å². The molecule has 0 aliphatic carbocycles. The Morgan fingerprint density at radius 1 is 0.919 bits per heavy atom. The Morgan fingerprint density at radius 3 is 2.46 bits per heavy atom. The molecule has 0 radical (unpaired) electrons. The van der Waals surface area contributed by atoms with Gasteiger partial charge in [-0.15, -0.1) is 0 Å². The van der Waals surface area contributed by atoms with Crippen molar-refractivity contribution in [2.75, 3.05) is 31.2 Å². The van der Waals surface area contributed by atoms with Crippen LogP contribution >= 0.6 is 0 Å². The first-order chi connectivity index (χ1) is 17.7. The minimum atomic E-state index is -0.954. The molecular weight excluding hydrogens is 466 g/mol. The fourth-order valence-corrected chi connectivity index (χ4v) is 4.40. The molecule has 4 heterocycles. The Kier molecular flexibility index (Phi) is 6.66. The van der Waals surface area contributed by atoms with Crippen LogP contribution in [0, 0.1) is 0 Å². The van der Waals surface area contributed by atoms with Crippen LogP contribution < -0.4 is 4.90 Å². The Balaban J connectivity index is 0.00000280. The molecule has 1 fully saturated rings. The van der Waals surface area contributed by atoms with Crippen LogP contribution in [-0.4, -0.2) is 56.7 Å². The van der Waals surface area contributed by atoms with E-state index in [0.29, 0.717) is 13.2 Å². The standard InChI is InChI=1S/C28H23N5O3.CH4/c34-28(35)21-7-5-20(6-8-21)25-17-29-26(32-13-15-36-16-14-32)27-31-23(18-33(25)27)12-11-22-10-9-19-3-1-2-4-24(19)30-22;/h1-12,17-18H,13-16H2,(H,34,35);1H4/b12-11+;. The van der Waals surface area contributed by atoms with Crippen molar-refractivity contribution < 1.29 is 14.6 Å². The van der Waals surface area contributed by atoms with Crippen molar-refractivity contribution >= 4 is 40.5 Å². The van der Waals surface area contributed by atoms with Crippen LogP contribution in [0.1, 0.15) is 29.2 Å². The summed E-state index contributed by atoms with van der Waals surface area (Å²) in [6.07, 6.45) is 7.69. The van der Waals surface area contributed by atoms with Crippen molar-refractivity contribution in [1.82, 2.24) is 19.4 Å². The first-order valence-electron chi connectivity index (χ1n) is 11.7. The predicted octanol–water partition coefficient (Wildman–Crippen LogP) is 5.29. The van der Waals surface area contributed by atoms with E-state index in [-0.39, 0.29) is 13.0 Å². The third-order valence-corrected chi connectivity index (χ3v) is 6.28. The Morgan fingerprint density at radius 2 is 1.68 bits per heavy atom. The summed E-state index contributed by atoms with van der Waals surface area (Å²) in [4.78, 5) is 27.9. The lowest BCUT2D eigenvalue weighted by Crippen LogP contribution is -2.37. The molecule has 0 bridgehead atoms. The highest BCUT2D eigenvalue weighted by atomic mass is 16.5. The molecule has 5 aromatic rings.